The zero-order valence-corrected chi connectivity index (χ0v) is 15.0. The number of hydrazine groups is 1. The van der Waals surface area contributed by atoms with Gasteiger partial charge in [0, 0.05) is 12.2 Å². The molecule has 4 rings (SSSR count). The van der Waals surface area contributed by atoms with Crippen LogP contribution in [0.4, 0.5) is 5.69 Å². The molecular weight excluding hydrogens is 326 g/mol. The van der Waals surface area contributed by atoms with Gasteiger partial charge in [0.15, 0.2) is 0 Å². The predicted molar refractivity (Wildman–Crippen MR) is 100 cm³/mol. The number of carbonyl (C=O) groups is 2. The van der Waals surface area contributed by atoms with Crippen LogP contribution >= 0.6 is 0 Å². The average molecular weight is 349 g/mol. The van der Waals surface area contributed by atoms with Crippen molar-refractivity contribution in [3.05, 3.63) is 65.7 Å². The van der Waals surface area contributed by atoms with Crippen LogP contribution in [-0.2, 0) is 9.59 Å². The number of hydrogen-bond acceptors (Lipinski definition) is 3. The SMILES string of the molecule is Cc1ccc(N2CC(=O)N3CCC[C@@H](c4ccccc4)N3C(=O)C2)cc1. The monoisotopic (exact) mass is 349 g/mol. The molecule has 5 heteroatoms. The third-order valence-electron chi connectivity index (χ3n) is 5.18. The largest absolute Gasteiger partial charge is 0.353 e. The van der Waals surface area contributed by atoms with Crippen LogP contribution in [0.3, 0.4) is 0 Å². The Bertz CT molecular complexity index is 804. The van der Waals surface area contributed by atoms with Crippen molar-refractivity contribution in [2.45, 2.75) is 25.8 Å². The van der Waals surface area contributed by atoms with Crippen molar-refractivity contribution in [2.24, 2.45) is 0 Å². The normalized spacial score (nSPS) is 20.8. The number of benzene rings is 2. The van der Waals surface area contributed by atoms with Gasteiger partial charge in [-0.05, 0) is 37.5 Å². The number of anilines is 1. The highest BCUT2D eigenvalue weighted by atomic mass is 16.2. The molecular formula is C21H23N3O2. The van der Waals surface area contributed by atoms with Crippen LogP contribution in [0.1, 0.15) is 30.0 Å². The molecule has 0 N–H and O–H groups in total. The number of rotatable bonds is 2. The number of amides is 2. The fraction of sp³-hybridized carbons (Fsp3) is 0.333. The Hall–Kier alpha value is -2.82. The first-order chi connectivity index (χ1) is 12.6. The lowest BCUT2D eigenvalue weighted by Gasteiger charge is -2.43. The van der Waals surface area contributed by atoms with Crippen molar-refractivity contribution in [2.75, 3.05) is 24.5 Å². The zero-order valence-electron chi connectivity index (χ0n) is 15.0. The summed E-state index contributed by atoms with van der Waals surface area (Å²) in [6.07, 6.45) is 1.78. The van der Waals surface area contributed by atoms with Crippen LogP contribution in [0.2, 0.25) is 0 Å². The second kappa shape index (κ2) is 6.83. The van der Waals surface area contributed by atoms with Gasteiger partial charge in [-0.1, -0.05) is 48.0 Å². The van der Waals surface area contributed by atoms with Gasteiger partial charge in [-0.2, -0.15) is 0 Å². The molecule has 2 aliphatic heterocycles. The minimum Gasteiger partial charge on any atom is -0.353 e. The van der Waals surface area contributed by atoms with Crippen LogP contribution in [-0.4, -0.2) is 41.5 Å². The molecule has 2 aliphatic rings. The molecule has 26 heavy (non-hydrogen) atoms. The summed E-state index contributed by atoms with van der Waals surface area (Å²) in [5.41, 5.74) is 3.16. The van der Waals surface area contributed by atoms with E-state index < -0.39 is 0 Å². The summed E-state index contributed by atoms with van der Waals surface area (Å²) < 4.78 is 0. The summed E-state index contributed by atoms with van der Waals surface area (Å²) in [5.74, 6) is -0.0398. The van der Waals surface area contributed by atoms with Gasteiger partial charge in [-0.3, -0.25) is 9.59 Å². The lowest BCUT2D eigenvalue weighted by atomic mass is 9.99. The summed E-state index contributed by atoms with van der Waals surface area (Å²) in [4.78, 5) is 27.9. The Morgan fingerprint density at radius 3 is 2.31 bits per heavy atom. The van der Waals surface area contributed by atoms with Crippen LogP contribution in [0.25, 0.3) is 0 Å². The molecule has 2 aromatic carbocycles. The summed E-state index contributed by atoms with van der Waals surface area (Å²) in [5, 5.41) is 3.37. The Labute approximate surface area is 153 Å². The maximum absolute atomic E-state index is 13.1. The van der Waals surface area contributed by atoms with E-state index in [-0.39, 0.29) is 30.9 Å². The summed E-state index contributed by atoms with van der Waals surface area (Å²) in [7, 11) is 0. The van der Waals surface area contributed by atoms with E-state index in [9.17, 15) is 9.59 Å². The Morgan fingerprint density at radius 1 is 0.885 bits per heavy atom. The summed E-state index contributed by atoms with van der Waals surface area (Å²) in [6.45, 7) is 3.08. The molecule has 2 saturated heterocycles. The van der Waals surface area contributed by atoms with E-state index in [1.165, 1.54) is 0 Å². The third kappa shape index (κ3) is 3.05. The van der Waals surface area contributed by atoms with Crippen molar-refractivity contribution >= 4 is 17.5 Å². The standard InChI is InChI=1S/C21H23N3O2/c1-16-9-11-18(12-10-16)22-14-20(25)23-13-5-8-19(24(23)21(26)15-22)17-6-3-2-4-7-17/h2-4,6-7,9-12,19H,5,8,13-15H2,1H3/t19-/m0/s1. The fourth-order valence-electron chi connectivity index (χ4n) is 3.84. The van der Waals surface area contributed by atoms with E-state index >= 15 is 0 Å². The molecule has 5 nitrogen and oxygen atoms in total. The van der Waals surface area contributed by atoms with E-state index in [2.05, 4.69) is 0 Å². The summed E-state index contributed by atoms with van der Waals surface area (Å²) >= 11 is 0. The smallest absolute Gasteiger partial charge is 0.261 e. The number of nitrogens with zero attached hydrogens (tertiary/aromatic N) is 3. The molecule has 0 bridgehead atoms. The van der Waals surface area contributed by atoms with Gasteiger partial charge in [0.05, 0.1) is 19.1 Å². The highest BCUT2D eigenvalue weighted by Gasteiger charge is 2.40. The van der Waals surface area contributed by atoms with Crippen molar-refractivity contribution < 1.29 is 9.59 Å². The average Bonchev–Trinajstić information content (AvgIpc) is 2.80. The van der Waals surface area contributed by atoms with Gasteiger partial charge < -0.3 is 4.90 Å². The first-order valence-corrected chi connectivity index (χ1v) is 9.12. The number of fused-ring (bicyclic) bond motifs is 1. The molecule has 2 fully saturated rings. The molecule has 134 valence electrons. The zero-order chi connectivity index (χ0) is 18.1. The predicted octanol–water partition coefficient (Wildman–Crippen LogP) is 2.92. The Balaban J connectivity index is 1.65. The molecule has 1 atom stereocenters. The molecule has 0 spiro atoms. The summed E-state index contributed by atoms with van der Waals surface area (Å²) in [6, 6.07) is 17.9. The number of carbonyl (C=O) groups excluding carboxylic acids is 2. The highest BCUT2D eigenvalue weighted by Crippen LogP contribution is 2.33. The second-order valence-electron chi connectivity index (χ2n) is 7.02. The molecule has 2 amide bonds. The quantitative estimate of drug-likeness (QED) is 0.837. The highest BCUT2D eigenvalue weighted by molar-refractivity contribution is 5.91. The van der Waals surface area contributed by atoms with Crippen molar-refractivity contribution in [3.8, 4) is 0 Å². The number of aryl methyl sites for hydroxylation is 1. The van der Waals surface area contributed by atoms with Crippen molar-refractivity contribution in [3.63, 3.8) is 0 Å². The first kappa shape index (κ1) is 16.6. The van der Waals surface area contributed by atoms with Crippen molar-refractivity contribution in [1.29, 1.82) is 0 Å². The minimum atomic E-state index is -0.0700. The van der Waals surface area contributed by atoms with E-state index in [0.29, 0.717) is 6.54 Å². The van der Waals surface area contributed by atoms with Crippen LogP contribution in [0, 0.1) is 6.92 Å². The van der Waals surface area contributed by atoms with Crippen LogP contribution in [0.15, 0.2) is 54.6 Å². The molecule has 0 radical (unpaired) electrons. The van der Waals surface area contributed by atoms with Gasteiger partial charge in [0.1, 0.15) is 0 Å². The lowest BCUT2D eigenvalue weighted by molar-refractivity contribution is -0.171. The second-order valence-corrected chi connectivity index (χ2v) is 7.02. The molecule has 0 aromatic heterocycles. The van der Waals surface area contributed by atoms with Crippen LogP contribution in [0.5, 0.6) is 0 Å². The lowest BCUT2D eigenvalue weighted by Crippen LogP contribution is -2.54. The van der Waals surface area contributed by atoms with E-state index in [1.54, 1.807) is 10.0 Å². The molecule has 2 heterocycles. The van der Waals surface area contributed by atoms with Gasteiger partial charge in [0.25, 0.3) is 11.8 Å². The van der Waals surface area contributed by atoms with Gasteiger partial charge in [0.2, 0.25) is 0 Å². The van der Waals surface area contributed by atoms with E-state index in [4.69, 9.17) is 0 Å². The van der Waals surface area contributed by atoms with Gasteiger partial charge in [-0.25, -0.2) is 10.0 Å². The minimum absolute atomic E-state index is 0.0166. The fourth-order valence-corrected chi connectivity index (χ4v) is 3.84. The van der Waals surface area contributed by atoms with Crippen molar-refractivity contribution in [1.82, 2.24) is 10.0 Å². The topological polar surface area (TPSA) is 43.9 Å². The van der Waals surface area contributed by atoms with Gasteiger partial charge in [-0.15, -0.1) is 0 Å². The Morgan fingerprint density at radius 2 is 1.58 bits per heavy atom. The molecule has 2 aromatic rings. The Kier molecular flexibility index (Phi) is 4.37. The van der Waals surface area contributed by atoms with Gasteiger partial charge >= 0.3 is 0 Å². The maximum Gasteiger partial charge on any atom is 0.261 e. The van der Waals surface area contributed by atoms with E-state index in [1.807, 2.05) is 66.4 Å². The molecule has 0 aliphatic carbocycles. The third-order valence-corrected chi connectivity index (χ3v) is 5.18. The molecule has 0 saturated carbocycles. The molecule has 0 unspecified atom stereocenters. The first-order valence-electron chi connectivity index (χ1n) is 9.12. The van der Waals surface area contributed by atoms with E-state index in [0.717, 1.165) is 29.7 Å². The van der Waals surface area contributed by atoms with Crippen LogP contribution < -0.4 is 4.90 Å². The maximum atomic E-state index is 13.1. The number of hydrogen-bond donors (Lipinski definition) is 0.